The molecule has 4 atom stereocenters. The van der Waals surface area contributed by atoms with Gasteiger partial charge in [0.25, 0.3) is 5.91 Å². The van der Waals surface area contributed by atoms with Gasteiger partial charge in [-0.3, -0.25) is 19.3 Å². The first-order valence-electron chi connectivity index (χ1n) is 10.5. The van der Waals surface area contributed by atoms with E-state index in [0.717, 1.165) is 5.69 Å². The number of aliphatic hydroxyl groups is 3. The lowest BCUT2D eigenvalue weighted by Crippen LogP contribution is -2.65. The Morgan fingerprint density at radius 3 is 2.26 bits per heavy atom. The lowest BCUT2D eigenvalue weighted by Gasteiger charge is -2.50. The number of phenolic OH excluding ortho intramolecular Hbond substituents is 1. The fourth-order valence-electron chi connectivity index (χ4n) is 5.65. The van der Waals surface area contributed by atoms with E-state index in [0.29, 0.717) is 5.56 Å². The van der Waals surface area contributed by atoms with Crippen molar-refractivity contribution in [3.63, 3.8) is 0 Å². The molecule has 0 saturated heterocycles. The fourth-order valence-corrected chi connectivity index (χ4v) is 5.65. The number of ketones is 2. The largest absolute Gasteiger partial charge is 0.508 e. The van der Waals surface area contributed by atoms with Crippen molar-refractivity contribution in [1.29, 1.82) is 0 Å². The number of benzene rings is 1. The molecule has 184 valence electrons. The van der Waals surface area contributed by atoms with Gasteiger partial charge < -0.3 is 31.1 Å². The molecule has 0 unspecified atom stereocenters. The maximum absolute atomic E-state index is 13.7. The number of carbonyl (C=O) groups is 3. The molecule has 0 aliphatic heterocycles. The number of anilines is 1. The lowest BCUT2D eigenvalue weighted by molar-refractivity contribution is -0.153. The van der Waals surface area contributed by atoms with Crippen molar-refractivity contribution in [2.45, 2.75) is 24.5 Å². The molecule has 1 saturated carbocycles. The maximum Gasteiger partial charge on any atom is 0.255 e. The summed E-state index contributed by atoms with van der Waals surface area (Å²) in [5.41, 5.74) is 3.15. The van der Waals surface area contributed by atoms with Gasteiger partial charge in [-0.1, -0.05) is 0 Å². The summed E-state index contributed by atoms with van der Waals surface area (Å²) < 4.78 is 0. The van der Waals surface area contributed by atoms with Gasteiger partial charge in [-0.05, 0) is 50.6 Å². The number of halogens is 1. The predicted molar refractivity (Wildman–Crippen MR) is 126 cm³/mol. The van der Waals surface area contributed by atoms with Crippen LogP contribution in [0.5, 0.6) is 5.75 Å². The Kier molecular flexibility index (Phi) is 6.23. The van der Waals surface area contributed by atoms with Crippen LogP contribution in [0.1, 0.15) is 17.5 Å². The molecule has 4 rings (SSSR count). The third-order valence-corrected chi connectivity index (χ3v) is 7.06. The van der Waals surface area contributed by atoms with Crippen LogP contribution in [-0.2, 0) is 20.8 Å². The monoisotopic (exact) mass is 493 g/mol. The molecule has 0 radical (unpaired) electrons. The minimum Gasteiger partial charge on any atom is -0.508 e. The van der Waals surface area contributed by atoms with E-state index in [2.05, 4.69) is 0 Å². The van der Waals surface area contributed by atoms with Crippen molar-refractivity contribution in [1.82, 2.24) is 4.90 Å². The maximum atomic E-state index is 13.7. The second kappa shape index (κ2) is 8.30. The molecule has 0 heterocycles. The minimum atomic E-state index is -2.63. The number of carbonyl (C=O) groups excluding carboxylic acids is 3. The molecule has 1 fully saturated rings. The highest BCUT2D eigenvalue weighted by Crippen LogP contribution is 2.53. The number of nitrogens with two attached hydrogens (primary N) is 1. The van der Waals surface area contributed by atoms with E-state index in [9.17, 15) is 34.8 Å². The quantitative estimate of drug-likeness (QED) is 0.376. The molecule has 0 aromatic heterocycles. The number of aliphatic hydroxyl groups excluding tert-OH is 2. The smallest absolute Gasteiger partial charge is 0.255 e. The number of amides is 1. The number of likely N-dealkylation sites (N-methyl/N-ethyl adjacent to an activating group) is 1. The topological polar surface area (TPSA) is 165 Å². The molecular weight excluding hydrogens is 466 g/mol. The van der Waals surface area contributed by atoms with E-state index >= 15 is 0 Å². The first kappa shape index (κ1) is 25.5. The number of hydrogen-bond donors (Lipinski definition) is 5. The molecule has 1 aromatic carbocycles. The Balaban J connectivity index is 0.00000324. The van der Waals surface area contributed by atoms with Crippen molar-refractivity contribution >= 4 is 41.3 Å². The lowest BCUT2D eigenvalue weighted by atomic mass is 9.57. The summed E-state index contributed by atoms with van der Waals surface area (Å²) in [6.07, 6.45) is 0.324. The van der Waals surface area contributed by atoms with E-state index in [-0.39, 0.29) is 42.1 Å². The van der Waals surface area contributed by atoms with Gasteiger partial charge in [0.1, 0.15) is 22.8 Å². The van der Waals surface area contributed by atoms with Gasteiger partial charge in [0, 0.05) is 31.3 Å². The van der Waals surface area contributed by atoms with Crippen molar-refractivity contribution in [2.75, 3.05) is 33.1 Å². The third kappa shape index (κ3) is 3.20. The molecule has 0 spiro atoms. The highest BCUT2D eigenvalue weighted by atomic mass is 35.5. The van der Waals surface area contributed by atoms with Gasteiger partial charge in [-0.15, -0.1) is 12.4 Å². The van der Waals surface area contributed by atoms with Crippen LogP contribution < -0.4 is 10.6 Å². The van der Waals surface area contributed by atoms with E-state index < -0.39 is 58.0 Å². The molecule has 3 aliphatic carbocycles. The molecule has 11 heteroatoms. The van der Waals surface area contributed by atoms with Crippen LogP contribution >= 0.6 is 12.4 Å². The Hall–Kier alpha value is -3.08. The highest BCUT2D eigenvalue weighted by Gasteiger charge is 2.64. The molecule has 1 aromatic rings. The van der Waals surface area contributed by atoms with Crippen molar-refractivity contribution in [3.8, 4) is 5.75 Å². The van der Waals surface area contributed by atoms with Crippen molar-refractivity contribution < 1.29 is 34.8 Å². The average Bonchev–Trinajstić information content (AvgIpc) is 2.70. The number of primary amides is 1. The summed E-state index contributed by atoms with van der Waals surface area (Å²) in [6.45, 7) is 0. The Morgan fingerprint density at radius 1 is 1.12 bits per heavy atom. The van der Waals surface area contributed by atoms with Crippen LogP contribution in [0.15, 0.2) is 29.0 Å². The molecule has 3 aliphatic rings. The van der Waals surface area contributed by atoms with E-state index in [1.54, 1.807) is 20.2 Å². The number of hydrogen-bond acceptors (Lipinski definition) is 9. The van der Waals surface area contributed by atoms with Crippen LogP contribution in [0.4, 0.5) is 5.69 Å². The second-order valence-corrected chi connectivity index (χ2v) is 9.31. The van der Waals surface area contributed by atoms with E-state index in [1.807, 2.05) is 19.0 Å². The summed E-state index contributed by atoms with van der Waals surface area (Å²) in [6, 6.07) is 2.01. The molecule has 0 bridgehead atoms. The Morgan fingerprint density at radius 2 is 1.74 bits per heavy atom. The number of nitrogens with zero attached hydrogens (tertiary/aromatic N) is 2. The number of rotatable bonds is 3. The highest BCUT2D eigenvalue weighted by molar-refractivity contribution is 6.24. The summed E-state index contributed by atoms with van der Waals surface area (Å²) in [5, 5.41) is 43.9. The first-order chi connectivity index (χ1) is 15.3. The zero-order valence-corrected chi connectivity index (χ0v) is 20.0. The first-order valence-corrected chi connectivity index (χ1v) is 10.5. The number of phenols is 1. The molecule has 1 amide bonds. The molecule has 34 heavy (non-hydrogen) atoms. The SMILES string of the molecule is CN(C)c1ccc(O)c2c1C[C@@H]1C[C@H]3[C@@H](N(C)C)C(=O)C(C(N)=O)=C(O)[C@]3(O)C(=O)C1=C2O.Cl. The van der Waals surface area contributed by atoms with Crippen molar-refractivity contribution in [2.24, 2.45) is 17.6 Å². The second-order valence-electron chi connectivity index (χ2n) is 9.31. The van der Waals surface area contributed by atoms with Crippen LogP contribution in [0.2, 0.25) is 0 Å². The van der Waals surface area contributed by atoms with Gasteiger partial charge in [-0.25, -0.2) is 0 Å². The summed E-state index contributed by atoms with van der Waals surface area (Å²) in [5.74, 6) is -6.54. The molecule has 10 nitrogen and oxygen atoms in total. The van der Waals surface area contributed by atoms with Crippen molar-refractivity contribution in [3.05, 3.63) is 40.2 Å². The third-order valence-electron chi connectivity index (χ3n) is 7.06. The fraction of sp³-hybridized carbons (Fsp3) is 0.435. The molecular formula is C23H28ClN3O7. The van der Waals surface area contributed by atoms with E-state index in [4.69, 9.17) is 5.73 Å². The van der Waals surface area contributed by atoms with Crippen LogP contribution in [0.25, 0.3) is 5.76 Å². The summed E-state index contributed by atoms with van der Waals surface area (Å²) >= 11 is 0. The number of Topliss-reactive ketones (excluding diaryl/α,β-unsaturated/α-hetero) is 2. The summed E-state index contributed by atoms with van der Waals surface area (Å²) in [7, 11) is 6.75. The molecule has 6 N–H and O–H groups in total. The van der Waals surface area contributed by atoms with Crippen LogP contribution in [0.3, 0.4) is 0 Å². The zero-order chi connectivity index (χ0) is 24.6. The Bertz CT molecular complexity index is 1170. The van der Waals surface area contributed by atoms with Crippen LogP contribution in [-0.4, -0.2) is 82.6 Å². The van der Waals surface area contributed by atoms with Gasteiger partial charge in [0.2, 0.25) is 5.78 Å². The Labute approximate surface area is 202 Å². The normalized spacial score (nSPS) is 28.2. The number of aromatic hydroxyl groups is 1. The zero-order valence-electron chi connectivity index (χ0n) is 19.2. The predicted octanol–water partition coefficient (Wildman–Crippen LogP) is 0.452. The van der Waals surface area contributed by atoms with E-state index in [1.165, 1.54) is 11.0 Å². The standard InChI is InChI=1S/C23H27N3O7.ClH/c1-25(2)12-5-6-13(27)15-10(12)7-9-8-11-17(26(3)4)19(29)16(22(24)32)21(31)23(11,33)20(30)14(9)18(15)28;/h5-6,9,11,17,27-28,31,33H,7-8H2,1-4H3,(H2,24,32);1H/t9-,11+,17-,23-;/m1./s1. The van der Waals surface area contributed by atoms with Gasteiger partial charge in [-0.2, -0.15) is 0 Å². The minimum absolute atomic E-state index is 0. The van der Waals surface area contributed by atoms with Gasteiger partial charge in [0.15, 0.2) is 11.4 Å². The van der Waals surface area contributed by atoms with Gasteiger partial charge in [0.05, 0.1) is 11.6 Å². The van der Waals surface area contributed by atoms with Gasteiger partial charge >= 0.3 is 0 Å². The summed E-state index contributed by atoms with van der Waals surface area (Å²) in [4.78, 5) is 42.0. The average molecular weight is 494 g/mol. The number of fused-ring (bicyclic) bond motifs is 3. The van der Waals surface area contributed by atoms with Crippen LogP contribution in [0, 0.1) is 11.8 Å².